The van der Waals surface area contributed by atoms with Gasteiger partial charge in [-0.2, -0.15) is 0 Å². The van der Waals surface area contributed by atoms with Crippen LogP contribution in [0.5, 0.6) is 0 Å². The number of hydrogen-bond acceptors (Lipinski definition) is 3. The van der Waals surface area contributed by atoms with E-state index in [0.717, 1.165) is 5.56 Å². The highest BCUT2D eigenvalue weighted by atomic mass is 16.6. The van der Waals surface area contributed by atoms with Crippen LogP contribution in [0.2, 0.25) is 0 Å². The number of hydrogen-bond donors (Lipinski definition) is 1. The summed E-state index contributed by atoms with van der Waals surface area (Å²) in [5, 5.41) is 11.1. The van der Waals surface area contributed by atoms with Crippen LogP contribution >= 0.6 is 0 Å². The molecule has 1 aromatic carbocycles. The van der Waals surface area contributed by atoms with Gasteiger partial charge in [-0.1, -0.05) is 24.3 Å². The lowest BCUT2D eigenvalue weighted by Gasteiger charge is -2.51. The predicted molar refractivity (Wildman–Crippen MR) is 86.2 cm³/mol. The molecule has 2 rings (SSSR count). The molecule has 1 fully saturated rings. The van der Waals surface area contributed by atoms with Crippen molar-refractivity contribution in [2.45, 2.75) is 58.1 Å². The highest BCUT2D eigenvalue weighted by molar-refractivity contribution is 5.33. The Labute approximate surface area is 128 Å². The second kappa shape index (κ2) is 5.91. The summed E-state index contributed by atoms with van der Waals surface area (Å²) in [7, 11) is 2.05. The van der Waals surface area contributed by atoms with Crippen LogP contribution in [0.4, 0.5) is 0 Å². The summed E-state index contributed by atoms with van der Waals surface area (Å²) in [5.41, 5.74) is 3.57. The summed E-state index contributed by atoms with van der Waals surface area (Å²) in [6.07, 6.45) is 2.11. The number of ether oxygens (including phenoxy) is 1. The third kappa shape index (κ3) is 2.91. The smallest absolute Gasteiger partial charge is 0.189 e. The van der Waals surface area contributed by atoms with Crippen molar-refractivity contribution in [1.29, 1.82) is 0 Å². The zero-order valence-corrected chi connectivity index (χ0v) is 13.8. The van der Waals surface area contributed by atoms with Gasteiger partial charge in [-0.15, -0.1) is 6.58 Å². The summed E-state index contributed by atoms with van der Waals surface area (Å²) in [6.45, 7) is 12.1. The molecule has 1 N–H and O–H groups in total. The first kappa shape index (κ1) is 16.2. The first-order valence-electron chi connectivity index (χ1n) is 7.60. The van der Waals surface area contributed by atoms with E-state index in [-0.39, 0.29) is 18.2 Å². The largest absolute Gasteiger partial charge is 0.364 e. The van der Waals surface area contributed by atoms with Crippen LogP contribution in [0, 0.1) is 13.8 Å². The molecule has 3 heteroatoms. The van der Waals surface area contributed by atoms with Crippen molar-refractivity contribution in [3.8, 4) is 0 Å². The van der Waals surface area contributed by atoms with Crippen molar-refractivity contribution in [2.75, 3.05) is 7.05 Å². The Balaban J connectivity index is 2.48. The van der Waals surface area contributed by atoms with Crippen molar-refractivity contribution < 1.29 is 9.84 Å². The molecule has 4 atom stereocenters. The molecule has 0 radical (unpaired) electrons. The number of benzene rings is 1. The molecular formula is C18H27NO2. The molecule has 0 bridgehead atoms. The van der Waals surface area contributed by atoms with Gasteiger partial charge in [0.1, 0.15) is 0 Å². The summed E-state index contributed by atoms with van der Waals surface area (Å²) in [4.78, 5) is 2.21. The zero-order chi connectivity index (χ0) is 15.8. The van der Waals surface area contributed by atoms with Crippen molar-refractivity contribution in [1.82, 2.24) is 4.90 Å². The number of nitrogens with zero attached hydrogens (tertiary/aromatic N) is 1. The quantitative estimate of drug-likeness (QED) is 0.866. The summed E-state index contributed by atoms with van der Waals surface area (Å²) in [5.74, 6) is -1.23. The number of morpholine rings is 1. The minimum absolute atomic E-state index is 0.0252. The molecule has 1 aromatic rings. The lowest BCUT2D eigenvalue weighted by Crippen LogP contribution is -2.59. The Hall–Kier alpha value is -1.16. The number of rotatable bonds is 3. The second-order valence-electron chi connectivity index (χ2n) is 6.31. The van der Waals surface area contributed by atoms with Crippen LogP contribution in [0.3, 0.4) is 0 Å². The molecule has 1 aliphatic heterocycles. The van der Waals surface area contributed by atoms with E-state index in [0.29, 0.717) is 6.42 Å². The molecule has 0 aliphatic carbocycles. The first-order chi connectivity index (χ1) is 9.80. The minimum atomic E-state index is -1.23. The van der Waals surface area contributed by atoms with E-state index < -0.39 is 5.79 Å². The van der Waals surface area contributed by atoms with E-state index in [4.69, 9.17) is 4.74 Å². The molecule has 21 heavy (non-hydrogen) atoms. The summed E-state index contributed by atoms with van der Waals surface area (Å²) in [6, 6.07) is 6.39. The average Bonchev–Trinajstić information content (AvgIpc) is 2.40. The van der Waals surface area contributed by atoms with E-state index in [1.165, 1.54) is 11.1 Å². The van der Waals surface area contributed by atoms with E-state index in [9.17, 15) is 5.11 Å². The van der Waals surface area contributed by atoms with E-state index >= 15 is 0 Å². The summed E-state index contributed by atoms with van der Waals surface area (Å²) >= 11 is 0. The maximum atomic E-state index is 11.1. The standard InChI is InChI=1S/C18H27NO2/c1-7-10-18(20)17(19(6)14(4)15(5)21-18)16-9-8-12(2)13(3)11-16/h7-9,11,14-15,17,20H,1,10H2,2-6H3. The molecule has 0 spiro atoms. The van der Waals surface area contributed by atoms with E-state index in [2.05, 4.69) is 57.5 Å². The van der Waals surface area contributed by atoms with Crippen molar-refractivity contribution in [2.24, 2.45) is 0 Å². The van der Waals surface area contributed by atoms with Gasteiger partial charge in [0.15, 0.2) is 5.79 Å². The Bertz CT molecular complexity index is 528. The lowest BCUT2D eigenvalue weighted by atomic mass is 9.88. The molecule has 0 aromatic heterocycles. The van der Waals surface area contributed by atoms with Crippen LogP contribution in [-0.2, 0) is 4.74 Å². The third-order valence-corrected chi connectivity index (χ3v) is 4.83. The molecule has 0 amide bonds. The maximum Gasteiger partial charge on any atom is 0.189 e. The average molecular weight is 289 g/mol. The SMILES string of the molecule is C=CCC1(O)OC(C)C(C)N(C)C1c1ccc(C)c(C)c1. The predicted octanol–water partition coefficient (Wildman–Crippen LogP) is 3.35. The fraction of sp³-hybridized carbons (Fsp3) is 0.556. The van der Waals surface area contributed by atoms with Crippen molar-refractivity contribution in [3.05, 3.63) is 47.5 Å². The van der Waals surface area contributed by atoms with Crippen LogP contribution in [0.25, 0.3) is 0 Å². The maximum absolute atomic E-state index is 11.1. The molecule has 0 saturated carbocycles. The van der Waals surface area contributed by atoms with Crippen LogP contribution in [-0.4, -0.2) is 35.0 Å². The van der Waals surface area contributed by atoms with E-state index in [1.54, 1.807) is 6.08 Å². The van der Waals surface area contributed by atoms with Gasteiger partial charge in [0.05, 0.1) is 12.1 Å². The Kier molecular flexibility index (Phi) is 4.57. The van der Waals surface area contributed by atoms with Crippen LogP contribution < -0.4 is 0 Å². The van der Waals surface area contributed by atoms with Crippen molar-refractivity contribution >= 4 is 0 Å². The Morgan fingerprint density at radius 3 is 2.57 bits per heavy atom. The normalized spacial score (nSPS) is 33.9. The van der Waals surface area contributed by atoms with E-state index in [1.807, 2.05) is 6.92 Å². The summed E-state index contributed by atoms with van der Waals surface area (Å²) < 4.78 is 5.98. The number of aryl methyl sites for hydroxylation is 2. The third-order valence-electron chi connectivity index (χ3n) is 4.83. The topological polar surface area (TPSA) is 32.7 Å². The van der Waals surface area contributed by atoms with Crippen LogP contribution in [0.15, 0.2) is 30.9 Å². The fourth-order valence-corrected chi connectivity index (χ4v) is 3.17. The van der Waals surface area contributed by atoms with Gasteiger partial charge in [0.25, 0.3) is 0 Å². The Morgan fingerprint density at radius 2 is 2.00 bits per heavy atom. The number of likely N-dealkylation sites (N-methyl/N-ethyl adjacent to an activating group) is 1. The van der Waals surface area contributed by atoms with Gasteiger partial charge in [-0.3, -0.25) is 4.90 Å². The molecule has 1 saturated heterocycles. The van der Waals surface area contributed by atoms with Crippen molar-refractivity contribution in [3.63, 3.8) is 0 Å². The monoisotopic (exact) mass is 289 g/mol. The lowest BCUT2D eigenvalue weighted by molar-refractivity contribution is -0.302. The zero-order valence-electron chi connectivity index (χ0n) is 13.8. The van der Waals surface area contributed by atoms with Gasteiger partial charge >= 0.3 is 0 Å². The molecule has 116 valence electrons. The van der Waals surface area contributed by atoms with Gasteiger partial charge in [0, 0.05) is 12.5 Å². The molecular weight excluding hydrogens is 262 g/mol. The molecule has 4 unspecified atom stereocenters. The van der Waals surface area contributed by atoms with Crippen LogP contribution in [0.1, 0.15) is 43.0 Å². The Morgan fingerprint density at radius 1 is 1.33 bits per heavy atom. The first-order valence-corrected chi connectivity index (χ1v) is 7.60. The highest BCUT2D eigenvalue weighted by Gasteiger charge is 2.48. The fourth-order valence-electron chi connectivity index (χ4n) is 3.17. The molecule has 1 aliphatic rings. The second-order valence-corrected chi connectivity index (χ2v) is 6.31. The minimum Gasteiger partial charge on any atom is -0.364 e. The highest BCUT2D eigenvalue weighted by Crippen LogP contribution is 2.42. The molecule has 3 nitrogen and oxygen atoms in total. The van der Waals surface area contributed by atoms with Gasteiger partial charge in [0.2, 0.25) is 0 Å². The van der Waals surface area contributed by atoms with Gasteiger partial charge < -0.3 is 9.84 Å². The molecule has 1 heterocycles. The van der Waals surface area contributed by atoms with Gasteiger partial charge in [-0.05, 0) is 51.4 Å². The number of aliphatic hydroxyl groups is 1. The van der Waals surface area contributed by atoms with Gasteiger partial charge in [-0.25, -0.2) is 0 Å².